The third kappa shape index (κ3) is 3.43. The SMILES string of the molecule is CCN1C(=O)CCc2cc(N3C=CC=CC(C(=O)OC)=C3C(=O)OC)ccc21. The van der Waals surface area contributed by atoms with Crippen molar-refractivity contribution in [2.24, 2.45) is 0 Å². The van der Waals surface area contributed by atoms with Gasteiger partial charge in [-0.05, 0) is 49.3 Å². The van der Waals surface area contributed by atoms with Crippen LogP contribution in [-0.2, 0) is 30.3 Å². The number of nitrogens with zero attached hydrogens (tertiary/aromatic N) is 2. The lowest BCUT2D eigenvalue weighted by Gasteiger charge is -2.30. The summed E-state index contributed by atoms with van der Waals surface area (Å²) in [6, 6.07) is 5.61. The van der Waals surface area contributed by atoms with Crippen molar-refractivity contribution in [3.63, 3.8) is 0 Å². The smallest absolute Gasteiger partial charge is 0.355 e. The maximum atomic E-state index is 12.5. The fourth-order valence-corrected chi connectivity index (χ4v) is 3.41. The first kappa shape index (κ1) is 19.4. The summed E-state index contributed by atoms with van der Waals surface area (Å²) < 4.78 is 9.75. The van der Waals surface area contributed by atoms with Gasteiger partial charge in [0.15, 0.2) is 0 Å². The Morgan fingerprint density at radius 1 is 1.07 bits per heavy atom. The molecule has 0 unspecified atom stereocenters. The van der Waals surface area contributed by atoms with Gasteiger partial charge in [-0.15, -0.1) is 0 Å². The number of aryl methyl sites for hydroxylation is 1. The summed E-state index contributed by atoms with van der Waals surface area (Å²) in [6.07, 6.45) is 7.64. The van der Waals surface area contributed by atoms with E-state index in [-0.39, 0.29) is 17.2 Å². The second-order valence-corrected chi connectivity index (χ2v) is 6.27. The molecule has 0 aromatic heterocycles. The van der Waals surface area contributed by atoms with E-state index < -0.39 is 11.9 Å². The number of carbonyl (C=O) groups excluding carboxylic acids is 3. The third-order valence-electron chi connectivity index (χ3n) is 4.75. The van der Waals surface area contributed by atoms with Gasteiger partial charge in [-0.25, -0.2) is 9.59 Å². The second-order valence-electron chi connectivity index (χ2n) is 6.27. The molecule has 1 amide bonds. The highest BCUT2D eigenvalue weighted by molar-refractivity contribution is 6.05. The van der Waals surface area contributed by atoms with Gasteiger partial charge in [0.05, 0.1) is 19.8 Å². The van der Waals surface area contributed by atoms with Crippen LogP contribution in [0.4, 0.5) is 11.4 Å². The molecule has 0 radical (unpaired) electrons. The minimum Gasteiger partial charge on any atom is -0.465 e. The second kappa shape index (κ2) is 8.12. The fourth-order valence-electron chi connectivity index (χ4n) is 3.41. The molecule has 3 rings (SSSR count). The number of hydrogen-bond acceptors (Lipinski definition) is 6. The van der Waals surface area contributed by atoms with Gasteiger partial charge in [0.25, 0.3) is 0 Å². The van der Waals surface area contributed by atoms with Crippen LogP contribution in [-0.4, -0.2) is 38.6 Å². The molecular weight excluding hydrogens is 360 g/mol. The Bertz CT molecular complexity index is 913. The number of hydrogen-bond donors (Lipinski definition) is 0. The highest BCUT2D eigenvalue weighted by Gasteiger charge is 2.29. The summed E-state index contributed by atoms with van der Waals surface area (Å²) in [5, 5.41) is 0. The zero-order valence-corrected chi connectivity index (χ0v) is 16.1. The summed E-state index contributed by atoms with van der Waals surface area (Å²) >= 11 is 0. The van der Waals surface area contributed by atoms with E-state index in [1.807, 2.05) is 25.1 Å². The Morgan fingerprint density at radius 2 is 1.82 bits per heavy atom. The van der Waals surface area contributed by atoms with Gasteiger partial charge >= 0.3 is 11.9 Å². The van der Waals surface area contributed by atoms with Crippen LogP contribution in [0.25, 0.3) is 0 Å². The lowest BCUT2D eigenvalue weighted by molar-refractivity contribution is -0.139. The monoisotopic (exact) mass is 382 g/mol. The molecule has 2 heterocycles. The average molecular weight is 382 g/mol. The van der Waals surface area contributed by atoms with Gasteiger partial charge in [0.2, 0.25) is 5.91 Å². The van der Waals surface area contributed by atoms with E-state index in [1.54, 1.807) is 28.2 Å². The van der Waals surface area contributed by atoms with E-state index in [0.717, 1.165) is 11.3 Å². The Balaban J connectivity index is 2.12. The van der Waals surface area contributed by atoms with Crippen LogP contribution < -0.4 is 9.80 Å². The largest absolute Gasteiger partial charge is 0.465 e. The number of esters is 2. The number of rotatable bonds is 4. The number of amides is 1. The Morgan fingerprint density at radius 3 is 2.50 bits per heavy atom. The van der Waals surface area contributed by atoms with Crippen molar-refractivity contribution in [2.45, 2.75) is 19.8 Å². The van der Waals surface area contributed by atoms with E-state index >= 15 is 0 Å². The van der Waals surface area contributed by atoms with Crippen LogP contribution in [0.3, 0.4) is 0 Å². The zero-order valence-electron chi connectivity index (χ0n) is 16.1. The Labute approximate surface area is 163 Å². The highest BCUT2D eigenvalue weighted by atomic mass is 16.5. The molecule has 0 atom stereocenters. The van der Waals surface area contributed by atoms with Crippen molar-refractivity contribution in [3.05, 3.63) is 59.5 Å². The molecule has 0 saturated heterocycles. The van der Waals surface area contributed by atoms with Crippen LogP contribution in [0.15, 0.2) is 53.9 Å². The van der Waals surface area contributed by atoms with Crippen LogP contribution in [0.2, 0.25) is 0 Å². The molecule has 0 bridgehead atoms. The number of methoxy groups -OCH3 is 2. The van der Waals surface area contributed by atoms with Crippen molar-refractivity contribution in [3.8, 4) is 0 Å². The van der Waals surface area contributed by atoms with Crippen LogP contribution in [0.1, 0.15) is 18.9 Å². The minimum absolute atomic E-state index is 0.0681. The van der Waals surface area contributed by atoms with Crippen LogP contribution in [0.5, 0.6) is 0 Å². The summed E-state index contributed by atoms with van der Waals surface area (Å²) in [5.74, 6) is -1.18. The third-order valence-corrected chi connectivity index (χ3v) is 4.75. The van der Waals surface area contributed by atoms with Crippen molar-refractivity contribution in [2.75, 3.05) is 30.6 Å². The first-order chi connectivity index (χ1) is 13.5. The van der Waals surface area contributed by atoms with Gasteiger partial charge in [0, 0.05) is 30.5 Å². The van der Waals surface area contributed by atoms with Gasteiger partial charge in [-0.3, -0.25) is 4.79 Å². The van der Waals surface area contributed by atoms with Crippen LogP contribution in [0, 0.1) is 0 Å². The average Bonchev–Trinajstić information content (AvgIpc) is 2.95. The van der Waals surface area contributed by atoms with Crippen molar-refractivity contribution < 1.29 is 23.9 Å². The number of ether oxygens (including phenoxy) is 2. The predicted molar refractivity (Wildman–Crippen MR) is 105 cm³/mol. The van der Waals surface area contributed by atoms with E-state index in [4.69, 9.17) is 9.47 Å². The first-order valence-electron chi connectivity index (χ1n) is 9.00. The molecule has 0 saturated carbocycles. The molecule has 2 aliphatic rings. The molecule has 0 fully saturated rings. The van der Waals surface area contributed by atoms with Gasteiger partial charge in [0.1, 0.15) is 5.70 Å². The van der Waals surface area contributed by atoms with E-state index in [0.29, 0.717) is 25.1 Å². The normalized spacial score (nSPS) is 16.0. The topological polar surface area (TPSA) is 76.2 Å². The number of anilines is 2. The lowest BCUT2D eigenvalue weighted by atomic mass is 10.00. The maximum absolute atomic E-state index is 12.5. The van der Waals surface area contributed by atoms with E-state index in [9.17, 15) is 14.4 Å². The van der Waals surface area contributed by atoms with E-state index in [1.165, 1.54) is 20.3 Å². The van der Waals surface area contributed by atoms with Crippen molar-refractivity contribution in [1.82, 2.24) is 0 Å². The van der Waals surface area contributed by atoms with Gasteiger partial charge < -0.3 is 19.3 Å². The maximum Gasteiger partial charge on any atom is 0.355 e. The summed E-state index contributed by atoms with van der Waals surface area (Å²) in [4.78, 5) is 40.2. The molecule has 146 valence electrons. The molecule has 1 aromatic rings. The van der Waals surface area contributed by atoms with Crippen molar-refractivity contribution >= 4 is 29.2 Å². The minimum atomic E-state index is -0.653. The number of carbonyl (C=O) groups is 3. The number of fused-ring (bicyclic) bond motifs is 1. The van der Waals surface area contributed by atoms with Crippen LogP contribution >= 0.6 is 0 Å². The molecule has 2 aliphatic heterocycles. The quantitative estimate of drug-likeness (QED) is 0.745. The fraction of sp³-hybridized carbons (Fsp3) is 0.286. The molecule has 28 heavy (non-hydrogen) atoms. The zero-order chi connectivity index (χ0) is 20.3. The standard InChI is InChI=1S/C21H22N2O5/c1-4-22-17-10-9-15(13-14(17)8-11-18(22)24)23-12-6-5-7-16(20(25)27-2)19(23)21(26)28-3/h5-7,9-10,12-13H,4,8,11H2,1-3H3. The van der Waals surface area contributed by atoms with Crippen molar-refractivity contribution in [1.29, 1.82) is 0 Å². The first-order valence-corrected chi connectivity index (χ1v) is 9.00. The molecule has 7 nitrogen and oxygen atoms in total. The number of benzene rings is 1. The number of allylic oxidation sites excluding steroid dienone is 2. The molecule has 0 N–H and O–H groups in total. The predicted octanol–water partition coefficient (Wildman–Crippen LogP) is 2.48. The van der Waals surface area contributed by atoms with Gasteiger partial charge in [-0.1, -0.05) is 6.08 Å². The molecule has 0 aliphatic carbocycles. The highest BCUT2D eigenvalue weighted by Crippen LogP contribution is 2.34. The molecular formula is C21H22N2O5. The Kier molecular flexibility index (Phi) is 5.63. The van der Waals surface area contributed by atoms with Gasteiger partial charge in [-0.2, -0.15) is 0 Å². The summed E-state index contributed by atoms with van der Waals surface area (Å²) in [6.45, 7) is 2.53. The Hall–Kier alpha value is -3.35. The lowest BCUT2D eigenvalue weighted by Crippen LogP contribution is -2.35. The molecule has 0 spiro atoms. The van der Waals surface area contributed by atoms with E-state index in [2.05, 4.69) is 0 Å². The molecule has 1 aromatic carbocycles. The summed E-state index contributed by atoms with van der Waals surface area (Å²) in [5.41, 5.74) is 2.73. The molecule has 7 heteroatoms. The summed E-state index contributed by atoms with van der Waals surface area (Å²) in [7, 11) is 2.52.